The van der Waals surface area contributed by atoms with Crippen molar-refractivity contribution in [1.82, 2.24) is 29.8 Å². The predicted octanol–water partition coefficient (Wildman–Crippen LogP) is 3.33. The third kappa shape index (κ3) is 4.44. The largest absolute Gasteiger partial charge is 0.408 e. The van der Waals surface area contributed by atoms with Gasteiger partial charge in [-0.2, -0.15) is 13.2 Å². The molecule has 0 spiro atoms. The number of hydrogen-bond acceptors (Lipinski definition) is 6. The summed E-state index contributed by atoms with van der Waals surface area (Å²) in [6, 6.07) is 9.65. The third-order valence-electron chi connectivity index (χ3n) is 6.19. The van der Waals surface area contributed by atoms with Crippen LogP contribution in [0.2, 0.25) is 0 Å². The van der Waals surface area contributed by atoms with Gasteiger partial charge in [0.2, 0.25) is 0 Å². The van der Waals surface area contributed by atoms with E-state index in [1.54, 1.807) is 24.3 Å². The van der Waals surface area contributed by atoms with Crippen molar-refractivity contribution in [1.29, 1.82) is 0 Å². The summed E-state index contributed by atoms with van der Waals surface area (Å²) < 4.78 is 43.8. The molecule has 3 N–H and O–H groups in total. The van der Waals surface area contributed by atoms with Crippen molar-refractivity contribution in [3.63, 3.8) is 0 Å². The Bertz CT molecular complexity index is 1400. The molecule has 1 unspecified atom stereocenters. The van der Waals surface area contributed by atoms with Gasteiger partial charge in [-0.05, 0) is 43.2 Å². The number of fused-ring (bicyclic) bond motifs is 2. The van der Waals surface area contributed by atoms with Crippen LogP contribution in [0.25, 0.3) is 28.1 Å². The molecule has 1 amide bonds. The summed E-state index contributed by atoms with van der Waals surface area (Å²) >= 11 is 0. The highest BCUT2D eigenvalue weighted by Crippen LogP contribution is 2.39. The Morgan fingerprint density at radius 2 is 2.00 bits per heavy atom. The van der Waals surface area contributed by atoms with Crippen molar-refractivity contribution < 1.29 is 18.0 Å². The van der Waals surface area contributed by atoms with Crippen molar-refractivity contribution in [2.45, 2.75) is 31.6 Å². The molecule has 1 aromatic carbocycles. The zero-order chi connectivity index (χ0) is 24.7. The van der Waals surface area contributed by atoms with Crippen molar-refractivity contribution in [2.24, 2.45) is 5.73 Å². The Hall–Kier alpha value is -3.57. The number of likely N-dealkylation sites (tertiary alicyclic amines) is 1. The Balaban J connectivity index is 1.57. The Labute approximate surface area is 199 Å². The first-order valence-corrected chi connectivity index (χ1v) is 11.3. The summed E-state index contributed by atoms with van der Waals surface area (Å²) in [5.74, 6) is 0.102. The van der Waals surface area contributed by atoms with Gasteiger partial charge >= 0.3 is 6.18 Å². The van der Waals surface area contributed by atoms with E-state index in [9.17, 15) is 18.0 Å². The van der Waals surface area contributed by atoms with Crippen LogP contribution in [0.4, 0.5) is 13.2 Å². The van der Waals surface area contributed by atoms with E-state index in [0.29, 0.717) is 41.2 Å². The Morgan fingerprint density at radius 3 is 2.71 bits per heavy atom. The van der Waals surface area contributed by atoms with Gasteiger partial charge in [-0.25, -0.2) is 4.98 Å². The topological polar surface area (TPSA) is 101 Å². The fraction of sp³-hybridized carbons (Fsp3) is 0.333. The maximum absolute atomic E-state index is 14.1. The first kappa shape index (κ1) is 23.2. The van der Waals surface area contributed by atoms with E-state index in [2.05, 4.69) is 20.5 Å². The lowest BCUT2D eigenvalue weighted by Gasteiger charge is -2.30. The van der Waals surface area contributed by atoms with Crippen LogP contribution in [0.5, 0.6) is 0 Å². The third-order valence-corrected chi connectivity index (χ3v) is 6.19. The standard InChI is InChI=1S/C24H24F3N7O/c1-2-29-23(35)15-4-3-14-5-7-18(30-19(14)11-15)22-32-31-20-8-6-16(12-34(20)22)21(24(25,26)27)33-10-9-17(28)13-33/h3-8,11-12,17,21H,2,9-10,13,28H2,1H3,(H,29,35)/t17?,21-/m1/s1. The van der Waals surface area contributed by atoms with Crippen molar-refractivity contribution in [2.75, 3.05) is 19.6 Å². The van der Waals surface area contributed by atoms with Crippen molar-refractivity contribution in [3.8, 4) is 11.5 Å². The first-order valence-electron chi connectivity index (χ1n) is 11.3. The number of nitrogens with two attached hydrogens (primary N) is 1. The molecule has 0 bridgehead atoms. The molecule has 1 fully saturated rings. The van der Waals surface area contributed by atoms with E-state index < -0.39 is 12.2 Å². The number of nitrogens with one attached hydrogen (secondary N) is 1. The number of hydrogen-bond donors (Lipinski definition) is 2. The number of alkyl halides is 3. The molecule has 1 aliphatic heterocycles. The number of carbonyl (C=O) groups is 1. The van der Waals surface area contributed by atoms with Gasteiger partial charge in [-0.15, -0.1) is 10.2 Å². The minimum absolute atomic E-state index is 0.0828. The van der Waals surface area contributed by atoms with Gasteiger partial charge in [0, 0.05) is 42.8 Å². The molecule has 0 radical (unpaired) electrons. The molecule has 182 valence electrons. The smallest absolute Gasteiger partial charge is 0.352 e. The van der Waals surface area contributed by atoms with E-state index in [1.165, 1.54) is 27.6 Å². The highest BCUT2D eigenvalue weighted by atomic mass is 19.4. The molecule has 1 aliphatic rings. The van der Waals surface area contributed by atoms with Crippen LogP contribution in [-0.4, -0.2) is 62.2 Å². The van der Waals surface area contributed by atoms with Crippen molar-refractivity contribution >= 4 is 22.5 Å². The van der Waals surface area contributed by atoms with Gasteiger partial charge in [0.25, 0.3) is 5.91 Å². The van der Waals surface area contributed by atoms with E-state index in [4.69, 9.17) is 5.73 Å². The summed E-state index contributed by atoms with van der Waals surface area (Å²) in [4.78, 5) is 18.2. The van der Waals surface area contributed by atoms with Crippen LogP contribution < -0.4 is 11.1 Å². The minimum atomic E-state index is -4.47. The number of carbonyl (C=O) groups excluding carboxylic acids is 1. The van der Waals surface area contributed by atoms with Gasteiger partial charge in [0.1, 0.15) is 11.7 Å². The van der Waals surface area contributed by atoms with Crippen molar-refractivity contribution in [3.05, 3.63) is 59.8 Å². The van der Waals surface area contributed by atoms with Crippen LogP contribution >= 0.6 is 0 Å². The van der Waals surface area contributed by atoms with Crippen LogP contribution in [0.3, 0.4) is 0 Å². The van der Waals surface area contributed by atoms with Crippen LogP contribution in [0.15, 0.2) is 48.7 Å². The molecule has 1 saturated heterocycles. The second-order valence-corrected chi connectivity index (χ2v) is 8.67. The molecular formula is C24H24F3N7O. The highest BCUT2D eigenvalue weighted by Gasteiger charge is 2.46. The van der Waals surface area contributed by atoms with Gasteiger partial charge in [0.15, 0.2) is 11.5 Å². The number of benzene rings is 1. The zero-order valence-electron chi connectivity index (χ0n) is 19.0. The van der Waals surface area contributed by atoms with Crippen LogP contribution in [0.1, 0.15) is 35.3 Å². The van der Waals surface area contributed by atoms with Crippen LogP contribution in [0, 0.1) is 0 Å². The second kappa shape index (κ2) is 8.90. The SMILES string of the molecule is CCNC(=O)c1ccc2ccc(-c3nnc4ccc([C@@H](N5CCC(N)C5)C(F)(F)F)cn34)nc2c1. The highest BCUT2D eigenvalue weighted by molar-refractivity contribution is 5.98. The van der Waals surface area contributed by atoms with Gasteiger partial charge in [-0.3, -0.25) is 14.1 Å². The maximum Gasteiger partial charge on any atom is 0.408 e. The number of rotatable bonds is 5. The molecular weight excluding hydrogens is 459 g/mol. The molecule has 8 nitrogen and oxygen atoms in total. The fourth-order valence-corrected chi connectivity index (χ4v) is 4.55. The average molecular weight is 483 g/mol. The normalized spacial score (nSPS) is 17.8. The van der Waals surface area contributed by atoms with E-state index in [1.807, 2.05) is 13.0 Å². The number of halogens is 3. The average Bonchev–Trinajstić information content (AvgIpc) is 3.43. The number of pyridine rings is 2. The first-order chi connectivity index (χ1) is 16.7. The Kier molecular flexibility index (Phi) is 5.89. The Morgan fingerprint density at radius 1 is 1.20 bits per heavy atom. The summed E-state index contributed by atoms with van der Waals surface area (Å²) in [7, 11) is 0. The monoisotopic (exact) mass is 483 g/mol. The summed E-state index contributed by atoms with van der Waals surface area (Å²) in [6.07, 6.45) is -2.53. The van der Waals surface area contributed by atoms with E-state index in [-0.39, 0.29) is 30.6 Å². The number of aromatic nitrogens is 4. The molecule has 4 heterocycles. The van der Waals surface area contributed by atoms with Gasteiger partial charge < -0.3 is 11.1 Å². The molecule has 5 rings (SSSR count). The van der Waals surface area contributed by atoms with Gasteiger partial charge in [-0.1, -0.05) is 18.2 Å². The fourth-order valence-electron chi connectivity index (χ4n) is 4.55. The van der Waals surface area contributed by atoms with E-state index in [0.717, 1.165) is 5.39 Å². The maximum atomic E-state index is 14.1. The quantitative estimate of drug-likeness (QED) is 0.452. The molecule has 0 saturated carbocycles. The summed E-state index contributed by atoms with van der Waals surface area (Å²) in [5.41, 5.74) is 7.84. The molecule has 0 aliphatic carbocycles. The molecule has 2 atom stereocenters. The lowest BCUT2D eigenvalue weighted by molar-refractivity contribution is -0.183. The number of amides is 1. The summed E-state index contributed by atoms with van der Waals surface area (Å²) in [5, 5.41) is 11.9. The minimum Gasteiger partial charge on any atom is -0.352 e. The lowest BCUT2D eigenvalue weighted by Crippen LogP contribution is -2.38. The molecule has 4 aromatic rings. The van der Waals surface area contributed by atoms with E-state index >= 15 is 0 Å². The van der Waals surface area contributed by atoms with Crippen LogP contribution in [-0.2, 0) is 0 Å². The molecule has 3 aromatic heterocycles. The predicted molar refractivity (Wildman–Crippen MR) is 125 cm³/mol. The second-order valence-electron chi connectivity index (χ2n) is 8.67. The number of nitrogens with zero attached hydrogens (tertiary/aromatic N) is 5. The lowest BCUT2D eigenvalue weighted by atomic mass is 10.1. The molecule has 11 heteroatoms. The van der Waals surface area contributed by atoms with Gasteiger partial charge in [0.05, 0.1) is 5.52 Å². The summed E-state index contributed by atoms with van der Waals surface area (Å²) in [6.45, 7) is 2.79. The zero-order valence-corrected chi connectivity index (χ0v) is 19.0. The molecule has 35 heavy (non-hydrogen) atoms.